The van der Waals surface area contributed by atoms with Crippen molar-refractivity contribution in [3.63, 3.8) is 0 Å². The van der Waals surface area contributed by atoms with Crippen molar-refractivity contribution in [2.24, 2.45) is 0 Å². The van der Waals surface area contributed by atoms with Gasteiger partial charge in [-0.3, -0.25) is 14.5 Å². The van der Waals surface area contributed by atoms with Crippen LogP contribution in [0.1, 0.15) is 40.0 Å². The van der Waals surface area contributed by atoms with Gasteiger partial charge in [0.25, 0.3) is 5.91 Å². The fourth-order valence-corrected chi connectivity index (χ4v) is 3.26. The molecule has 1 aliphatic rings. The Labute approximate surface area is 156 Å². The second-order valence-corrected chi connectivity index (χ2v) is 6.64. The van der Waals surface area contributed by atoms with Crippen molar-refractivity contribution in [2.75, 3.05) is 13.2 Å². The standard InChI is InChI=1S/C19H21N5O3/c1-14-10-18(27-22-14)19(25)23-11-16-4-8-21-24(16)17(12-23)5-9-26-13-15-2-6-20-7-3-15/h2-4,6-8,10,17H,5,9,11-13H2,1H3/t17-/m1/s1. The number of aryl methyl sites for hydroxylation is 1. The van der Waals surface area contributed by atoms with Crippen molar-refractivity contribution in [3.8, 4) is 0 Å². The van der Waals surface area contributed by atoms with Gasteiger partial charge in [-0.25, -0.2) is 0 Å². The van der Waals surface area contributed by atoms with Crippen molar-refractivity contribution in [1.29, 1.82) is 0 Å². The third kappa shape index (κ3) is 3.90. The highest BCUT2D eigenvalue weighted by atomic mass is 16.5. The lowest BCUT2D eigenvalue weighted by Gasteiger charge is -2.33. The van der Waals surface area contributed by atoms with Gasteiger partial charge in [0.2, 0.25) is 5.76 Å². The highest BCUT2D eigenvalue weighted by Gasteiger charge is 2.30. The van der Waals surface area contributed by atoms with Gasteiger partial charge in [0, 0.05) is 37.8 Å². The summed E-state index contributed by atoms with van der Waals surface area (Å²) in [5.41, 5.74) is 2.79. The molecule has 3 aromatic heterocycles. The Morgan fingerprint density at radius 2 is 2.15 bits per heavy atom. The molecule has 0 saturated carbocycles. The zero-order chi connectivity index (χ0) is 18.6. The molecule has 1 atom stereocenters. The van der Waals surface area contributed by atoms with E-state index in [0.717, 1.165) is 17.7 Å². The predicted molar refractivity (Wildman–Crippen MR) is 95.8 cm³/mol. The van der Waals surface area contributed by atoms with Crippen LogP contribution in [0.2, 0.25) is 0 Å². The quantitative estimate of drug-likeness (QED) is 0.622. The molecule has 0 bridgehead atoms. The molecule has 140 valence electrons. The zero-order valence-electron chi connectivity index (χ0n) is 15.1. The molecule has 1 amide bonds. The molecule has 4 heterocycles. The molecule has 0 radical (unpaired) electrons. The Morgan fingerprint density at radius 1 is 1.30 bits per heavy atom. The van der Waals surface area contributed by atoms with Crippen molar-refractivity contribution in [2.45, 2.75) is 32.5 Å². The summed E-state index contributed by atoms with van der Waals surface area (Å²) in [4.78, 5) is 18.5. The van der Waals surface area contributed by atoms with Gasteiger partial charge in [0.05, 0.1) is 30.6 Å². The van der Waals surface area contributed by atoms with E-state index in [2.05, 4.69) is 15.2 Å². The molecule has 4 rings (SSSR count). The predicted octanol–water partition coefficient (Wildman–Crippen LogP) is 2.38. The van der Waals surface area contributed by atoms with E-state index >= 15 is 0 Å². The number of hydrogen-bond donors (Lipinski definition) is 0. The maximum Gasteiger partial charge on any atom is 0.292 e. The second kappa shape index (κ2) is 7.71. The Bertz CT molecular complexity index is 905. The van der Waals surface area contributed by atoms with E-state index in [-0.39, 0.29) is 17.7 Å². The number of nitrogens with zero attached hydrogens (tertiary/aromatic N) is 5. The monoisotopic (exact) mass is 367 g/mol. The Hall–Kier alpha value is -3.00. The van der Waals surface area contributed by atoms with E-state index in [9.17, 15) is 4.79 Å². The first-order chi connectivity index (χ1) is 13.2. The van der Waals surface area contributed by atoms with Gasteiger partial charge in [0.1, 0.15) is 0 Å². The fraction of sp³-hybridized carbons (Fsp3) is 0.368. The summed E-state index contributed by atoms with van der Waals surface area (Å²) in [5.74, 6) is 0.124. The van der Waals surface area contributed by atoms with Gasteiger partial charge in [0.15, 0.2) is 0 Å². The maximum absolute atomic E-state index is 12.7. The minimum absolute atomic E-state index is 0.0640. The van der Waals surface area contributed by atoms with E-state index in [1.807, 2.05) is 22.9 Å². The second-order valence-electron chi connectivity index (χ2n) is 6.64. The molecule has 0 unspecified atom stereocenters. The summed E-state index contributed by atoms with van der Waals surface area (Å²) >= 11 is 0. The van der Waals surface area contributed by atoms with Crippen LogP contribution in [-0.4, -0.2) is 43.9 Å². The number of hydrogen-bond acceptors (Lipinski definition) is 6. The molecule has 0 aromatic carbocycles. The lowest BCUT2D eigenvalue weighted by atomic mass is 10.1. The lowest BCUT2D eigenvalue weighted by Crippen LogP contribution is -2.41. The minimum atomic E-state index is -0.147. The Morgan fingerprint density at radius 3 is 2.93 bits per heavy atom. The largest absolute Gasteiger partial charge is 0.377 e. The van der Waals surface area contributed by atoms with Gasteiger partial charge in [-0.1, -0.05) is 5.16 Å². The normalized spacial score (nSPS) is 16.3. The number of carbonyl (C=O) groups is 1. The van der Waals surface area contributed by atoms with Crippen LogP contribution in [0.3, 0.4) is 0 Å². The summed E-state index contributed by atoms with van der Waals surface area (Å²) in [7, 11) is 0. The molecule has 27 heavy (non-hydrogen) atoms. The zero-order valence-corrected chi connectivity index (χ0v) is 15.1. The number of fused-ring (bicyclic) bond motifs is 1. The molecule has 0 aliphatic carbocycles. The van der Waals surface area contributed by atoms with E-state index in [1.165, 1.54) is 0 Å². The van der Waals surface area contributed by atoms with E-state index in [0.29, 0.717) is 32.0 Å². The highest BCUT2D eigenvalue weighted by molar-refractivity contribution is 5.91. The summed E-state index contributed by atoms with van der Waals surface area (Å²) < 4.78 is 12.9. The van der Waals surface area contributed by atoms with Gasteiger partial charge < -0.3 is 14.2 Å². The molecule has 8 nitrogen and oxygen atoms in total. The van der Waals surface area contributed by atoms with Gasteiger partial charge in [-0.2, -0.15) is 5.10 Å². The third-order valence-corrected chi connectivity index (χ3v) is 4.62. The fourth-order valence-electron chi connectivity index (χ4n) is 3.26. The van der Waals surface area contributed by atoms with Crippen LogP contribution in [0.25, 0.3) is 0 Å². The molecule has 0 N–H and O–H groups in total. The maximum atomic E-state index is 12.7. The summed E-state index contributed by atoms with van der Waals surface area (Å²) in [5, 5.41) is 8.24. The number of carbonyl (C=O) groups excluding carboxylic acids is 1. The summed E-state index contributed by atoms with van der Waals surface area (Å²) in [6, 6.07) is 7.55. The van der Waals surface area contributed by atoms with Crippen LogP contribution in [0.5, 0.6) is 0 Å². The first kappa shape index (κ1) is 17.4. The molecular weight excluding hydrogens is 346 g/mol. The third-order valence-electron chi connectivity index (χ3n) is 4.62. The minimum Gasteiger partial charge on any atom is -0.377 e. The van der Waals surface area contributed by atoms with Crippen molar-refractivity contribution < 1.29 is 14.1 Å². The van der Waals surface area contributed by atoms with Crippen molar-refractivity contribution in [1.82, 2.24) is 24.8 Å². The Balaban J connectivity index is 1.39. The summed E-state index contributed by atoms with van der Waals surface area (Å²) in [6.07, 6.45) is 6.04. The van der Waals surface area contributed by atoms with Crippen molar-refractivity contribution >= 4 is 5.91 Å². The van der Waals surface area contributed by atoms with E-state index in [1.54, 1.807) is 36.5 Å². The van der Waals surface area contributed by atoms with Gasteiger partial charge in [-0.15, -0.1) is 0 Å². The van der Waals surface area contributed by atoms with Crippen LogP contribution < -0.4 is 0 Å². The highest BCUT2D eigenvalue weighted by Crippen LogP contribution is 2.24. The van der Waals surface area contributed by atoms with Crippen LogP contribution in [-0.2, 0) is 17.9 Å². The average molecular weight is 367 g/mol. The first-order valence-electron chi connectivity index (χ1n) is 8.92. The Kier molecular flexibility index (Phi) is 4.97. The molecule has 0 saturated heterocycles. The SMILES string of the molecule is Cc1cc(C(=O)N2Cc3ccnn3[C@H](CCOCc3ccncc3)C2)on1. The van der Waals surface area contributed by atoms with E-state index in [4.69, 9.17) is 9.26 Å². The van der Waals surface area contributed by atoms with Gasteiger partial charge >= 0.3 is 0 Å². The first-order valence-corrected chi connectivity index (χ1v) is 8.92. The van der Waals surface area contributed by atoms with Gasteiger partial charge in [-0.05, 0) is 37.1 Å². The van der Waals surface area contributed by atoms with Crippen LogP contribution in [0.4, 0.5) is 0 Å². The molecular formula is C19H21N5O3. The number of rotatable bonds is 6. The van der Waals surface area contributed by atoms with Crippen LogP contribution >= 0.6 is 0 Å². The van der Waals surface area contributed by atoms with E-state index < -0.39 is 0 Å². The smallest absolute Gasteiger partial charge is 0.292 e. The summed E-state index contributed by atoms with van der Waals surface area (Å²) in [6.45, 7) is 3.99. The van der Waals surface area contributed by atoms with Crippen LogP contribution in [0, 0.1) is 6.92 Å². The molecule has 1 aliphatic heterocycles. The molecule has 8 heteroatoms. The molecule has 3 aromatic rings. The van der Waals surface area contributed by atoms with Crippen molar-refractivity contribution in [3.05, 3.63) is 65.6 Å². The lowest BCUT2D eigenvalue weighted by molar-refractivity contribution is 0.0569. The topological polar surface area (TPSA) is 86.3 Å². The molecule has 0 spiro atoms. The average Bonchev–Trinajstić information content (AvgIpc) is 3.34. The number of ether oxygens (including phenoxy) is 1. The van der Waals surface area contributed by atoms with Crippen LogP contribution in [0.15, 0.2) is 47.4 Å². The number of aromatic nitrogens is 4. The number of pyridine rings is 1. The molecule has 0 fully saturated rings. The number of amides is 1.